The summed E-state index contributed by atoms with van der Waals surface area (Å²) in [5.74, 6) is -0.976. The van der Waals surface area contributed by atoms with Crippen molar-refractivity contribution in [2.75, 3.05) is 0 Å². The highest BCUT2D eigenvalue weighted by Crippen LogP contribution is 2.21. The zero-order valence-corrected chi connectivity index (χ0v) is 8.33. The molecule has 0 saturated carbocycles. The quantitative estimate of drug-likeness (QED) is 0.631. The van der Waals surface area contributed by atoms with Gasteiger partial charge in [-0.15, -0.1) is 0 Å². The van der Waals surface area contributed by atoms with Crippen LogP contribution in [0, 0.1) is 5.41 Å². The van der Waals surface area contributed by atoms with Crippen LogP contribution in [0.5, 0.6) is 0 Å². The molecule has 0 aromatic rings. The molecular formula is C9H17NO3. The highest BCUT2D eigenvalue weighted by Gasteiger charge is 2.19. The molecule has 0 fully saturated rings. The Labute approximate surface area is 78.3 Å². The van der Waals surface area contributed by atoms with Crippen LogP contribution in [0.15, 0.2) is 0 Å². The van der Waals surface area contributed by atoms with Crippen LogP contribution in [0.3, 0.4) is 0 Å². The monoisotopic (exact) mass is 187 g/mol. The van der Waals surface area contributed by atoms with Crippen molar-refractivity contribution in [2.24, 2.45) is 5.41 Å². The molecule has 0 aromatic heterocycles. The molecular weight excluding hydrogens is 170 g/mol. The van der Waals surface area contributed by atoms with Crippen molar-refractivity contribution in [1.82, 2.24) is 5.32 Å². The molecule has 0 rings (SSSR count). The number of rotatable bonds is 5. The summed E-state index contributed by atoms with van der Waals surface area (Å²) < 4.78 is 0. The van der Waals surface area contributed by atoms with E-state index >= 15 is 0 Å². The molecule has 0 heterocycles. The van der Waals surface area contributed by atoms with Gasteiger partial charge in [-0.25, -0.2) is 4.79 Å². The van der Waals surface area contributed by atoms with Crippen molar-refractivity contribution in [2.45, 2.75) is 39.7 Å². The van der Waals surface area contributed by atoms with Crippen LogP contribution in [0.25, 0.3) is 0 Å². The number of nitrogens with one attached hydrogen (secondary N) is 1. The molecule has 1 amide bonds. The Morgan fingerprint density at radius 3 is 2.38 bits per heavy atom. The molecule has 0 bridgehead atoms. The molecule has 13 heavy (non-hydrogen) atoms. The predicted molar refractivity (Wildman–Crippen MR) is 49.3 cm³/mol. The van der Waals surface area contributed by atoms with E-state index in [-0.39, 0.29) is 5.41 Å². The first-order chi connectivity index (χ1) is 5.87. The summed E-state index contributed by atoms with van der Waals surface area (Å²) in [5, 5.41) is 11.0. The second kappa shape index (κ2) is 4.84. The van der Waals surface area contributed by atoms with E-state index in [4.69, 9.17) is 5.11 Å². The molecule has 0 aromatic carbocycles. The van der Waals surface area contributed by atoms with E-state index in [1.807, 2.05) is 20.8 Å². The fourth-order valence-electron chi connectivity index (χ4n) is 0.938. The zero-order chi connectivity index (χ0) is 10.5. The van der Waals surface area contributed by atoms with E-state index in [1.54, 1.807) is 0 Å². The number of hydrogen-bond acceptors (Lipinski definition) is 2. The standard InChI is InChI=1S/C9H17NO3/c1-9(2,3)5-4-7(8(12)13)10-6-11/h6-7H,4-5H2,1-3H3,(H,10,11)(H,12,13). The summed E-state index contributed by atoms with van der Waals surface area (Å²) in [5.41, 5.74) is 0.0955. The minimum absolute atomic E-state index is 0.0955. The third kappa shape index (κ3) is 6.13. The zero-order valence-electron chi connectivity index (χ0n) is 8.33. The number of carbonyl (C=O) groups is 2. The first-order valence-electron chi connectivity index (χ1n) is 4.29. The average Bonchev–Trinajstić information content (AvgIpc) is 1.95. The summed E-state index contributed by atoms with van der Waals surface area (Å²) in [6.45, 7) is 6.10. The van der Waals surface area contributed by atoms with E-state index in [1.165, 1.54) is 0 Å². The van der Waals surface area contributed by atoms with Crippen LogP contribution in [0.1, 0.15) is 33.6 Å². The van der Waals surface area contributed by atoms with E-state index in [9.17, 15) is 9.59 Å². The van der Waals surface area contributed by atoms with Gasteiger partial charge in [-0.05, 0) is 18.3 Å². The van der Waals surface area contributed by atoms with Gasteiger partial charge in [-0.3, -0.25) is 4.79 Å². The number of amides is 1. The van der Waals surface area contributed by atoms with E-state index in [0.29, 0.717) is 12.8 Å². The third-order valence-corrected chi connectivity index (χ3v) is 1.75. The average molecular weight is 187 g/mol. The minimum atomic E-state index is -0.976. The Bertz CT molecular complexity index is 184. The molecule has 0 aliphatic carbocycles. The Kier molecular flexibility index (Phi) is 4.45. The summed E-state index contributed by atoms with van der Waals surface area (Å²) in [6, 6.07) is -0.753. The lowest BCUT2D eigenvalue weighted by molar-refractivity contribution is -0.140. The topological polar surface area (TPSA) is 66.4 Å². The maximum atomic E-state index is 10.6. The summed E-state index contributed by atoms with van der Waals surface area (Å²) >= 11 is 0. The molecule has 4 nitrogen and oxygen atoms in total. The molecule has 1 unspecified atom stereocenters. The first kappa shape index (κ1) is 11.9. The Hall–Kier alpha value is -1.06. The van der Waals surface area contributed by atoms with Gasteiger partial charge in [0.2, 0.25) is 6.41 Å². The van der Waals surface area contributed by atoms with Gasteiger partial charge in [0.25, 0.3) is 0 Å². The number of hydrogen-bond donors (Lipinski definition) is 2. The Morgan fingerprint density at radius 1 is 1.54 bits per heavy atom. The van der Waals surface area contributed by atoms with Gasteiger partial charge in [-0.2, -0.15) is 0 Å². The van der Waals surface area contributed by atoms with Gasteiger partial charge in [0.15, 0.2) is 0 Å². The van der Waals surface area contributed by atoms with Crippen LogP contribution in [-0.2, 0) is 9.59 Å². The normalized spacial score (nSPS) is 13.5. The maximum absolute atomic E-state index is 10.6. The van der Waals surface area contributed by atoms with Gasteiger partial charge < -0.3 is 10.4 Å². The van der Waals surface area contributed by atoms with Crippen LogP contribution in [0.4, 0.5) is 0 Å². The highest BCUT2D eigenvalue weighted by atomic mass is 16.4. The van der Waals surface area contributed by atoms with Crippen molar-refractivity contribution in [3.8, 4) is 0 Å². The van der Waals surface area contributed by atoms with Crippen molar-refractivity contribution < 1.29 is 14.7 Å². The molecule has 0 spiro atoms. The van der Waals surface area contributed by atoms with Gasteiger partial charge in [0.1, 0.15) is 6.04 Å². The fraction of sp³-hybridized carbons (Fsp3) is 0.778. The number of carbonyl (C=O) groups excluding carboxylic acids is 1. The molecule has 0 aliphatic rings. The molecule has 4 heteroatoms. The lowest BCUT2D eigenvalue weighted by atomic mass is 9.89. The lowest BCUT2D eigenvalue weighted by Crippen LogP contribution is -2.36. The van der Waals surface area contributed by atoms with Crippen LogP contribution in [0.2, 0.25) is 0 Å². The number of aliphatic carboxylic acids is 1. The first-order valence-corrected chi connectivity index (χ1v) is 4.29. The second-order valence-corrected chi connectivity index (χ2v) is 4.27. The largest absolute Gasteiger partial charge is 0.480 e. The van der Waals surface area contributed by atoms with E-state index in [2.05, 4.69) is 5.32 Å². The molecule has 1 atom stereocenters. The van der Waals surface area contributed by atoms with Crippen LogP contribution < -0.4 is 5.32 Å². The summed E-state index contributed by atoms with van der Waals surface area (Å²) in [6.07, 6.45) is 1.67. The smallest absolute Gasteiger partial charge is 0.326 e. The predicted octanol–water partition coefficient (Wildman–Crippen LogP) is 1.01. The van der Waals surface area contributed by atoms with Gasteiger partial charge in [0, 0.05) is 0 Å². The molecule has 2 N–H and O–H groups in total. The Balaban J connectivity index is 3.97. The van der Waals surface area contributed by atoms with E-state index in [0.717, 1.165) is 6.42 Å². The van der Waals surface area contributed by atoms with Gasteiger partial charge in [-0.1, -0.05) is 20.8 Å². The minimum Gasteiger partial charge on any atom is -0.480 e. The fourth-order valence-corrected chi connectivity index (χ4v) is 0.938. The molecule has 0 radical (unpaired) electrons. The lowest BCUT2D eigenvalue weighted by Gasteiger charge is -2.20. The van der Waals surface area contributed by atoms with Crippen molar-refractivity contribution in [3.05, 3.63) is 0 Å². The van der Waals surface area contributed by atoms with Crippen LogP contribution >= 0.6 is 0 Å². The molecule has 0 saturated heterocycles. The number of carboxylic acids is 1. The van der Waals surface area contributed by atoms with Gasteiger partial charge >= 0.3 is 5.97 Å². The summed E-state index contributed by atoms with van der Waals surface area (Å²) in [4.78, 5) is 20.7. The molecule has 76 valence electrons. The highest BCUT2D eigenvalue weighted by molar-refractivity contribution is 5.76. The third-order valence-electron chi connectivity index (χ3n) is 1.75. The van der Waals surface area contributed by atoms with Crippen molar-refractivity contribution in [1.29, 1.82) is 0 Å². The van der Waals surface area contributed by atoms with Crippen molar-refractivity contribution in [3.63, 3.8) is 0 Å². The van der Waals surface area contributed by atoms with Gasteiger partial charge in [0.05, 0.1) is 0 Å². The molecule has 0 aliphatic heterocycles. The second-order valence-electron chi connectivity index (χ2n) is 4.27. The maximum Gasteiger partial charge on any atom is 0.326 e. The number of carboxylic acid groups (broad SMARTS) is 1. The van der Waals surface area contributed by atoms with Crippen LogP contribution in [-0.4, -0.2) is 23.5 Å². The van der Waals surface area contributed by atoms with E-state index < -0.39 is 12.0 Å². The van der Waals surface area contributed by atoms with Crippen molar-refractivity contribution >= 4 is 12.4 Å². The summed E-state index contributed by atoms with van der Waals surface area (Å²) in [7, 11) is 0. The SMILES string of the molecule is CC(C)(C)CCC(NC=O)C(=O)O. The Morgan fingerprint density at radius 2 is 2.08 bits per heavy atom.